The number of carbonyl (C=O) groups excluding carboxylic acids is 1. The fourth-order valence-electron chi connectivity index (χ4n) is 3.94. The molecule has 0 radical (unpaired) electrons. The summed E-state index contributed by atoms with van der Waals surface area (Å²) in [5.41, 5.74) is 3.04. The highest BCUT2D eigenvalue weighted by Crippen LogP contribution is 2.53. The molecular formula is C21H26N2O4S. The molecule has 1 heterocycles. The Balaban J connectivity index is 2.07. The molecule has 7 heteroatoms. The van der Waals surface area contributed by atoms with Crippen molar-refractivity contribution in [3.63, 3.8) is 0 Å². The van der Waals surface area contributed by atoms with Gasteiger partial charge in [0.1, 0.15) is 5.69 Å². The third-order valence-corrected chi connectivity index (χ3v) is 7.25. The molecule has 0 spiro atoms. The highest BCUT2D eigenvalue weighted by Gasteiger charge is 2.40. The quantitative estimate of drug-likeness (QED) is 0.394. The lowest BCUT2D eigenvalue weighted by Crippen LogP contribution is -2.32. The highest BCUT2D eigenvalue weighted by atomic mass is 32.1. The van der Waals surface area contributed by atoms with E-state index in [1.165, 1.54) is 29.7 Å². The van der Waals surface area contributed by atoms with Crippen LogP contribution < -0.4 is 5.32 Å². The van der Waals surface area contributed by atoms with Crippen molar-refractivity contribution >= 4 is 33.7 Å². The van der Waals surface area contributed by atoms with Gasteiger partial charge in [0.25, 0.3) is 5.69 Å². The number of nitrogens with zero attached hydrogens (tertiary/aromatic N) is 1. The average molecular weight is 403 g/mol. The first-order chi connectivity index (χ1) is 13.0. The van der Waals surface area contributed by atoms with E-state index in [0.717, 1.165) is 23.4 Å². The molecule has 0 amide bonds. The van der Waals surface area contributed by atoms with Gasteiger partial charge in [-0.1, -0.05) is 27.7 Å². The van der Waals surface area contributed by atoms with Crippen molar-refractivity contribution in [3.05, 3.63) is 49.9 Å². The first-order valence-corrected chi connectivity index (χ1v) is 10.1. The minimum Gasteiger partial charge on any atom is -0.465 e. The summed E-state index contributed by atoms with van der Waals surface area (Å²) in [5, 5.41) is 15.8. The van der Waals surface area contributed by atoms with Gasteiger partial charge in [-0.05, 0) is 53.9 Å². The van der Waals surface area contributed by atoms with E-state index >= 15 is 0 Å². The van der Waals surface area contributed by atoms with Gasteiger partial charge >= 0.3 is 5.97 Å². The van der Waals surface area contributed by atoms with Gasteiger partial charge in [0.2, 0.25) is 0 Å². The van der Waals surface area contributed by atoms with Gasteiger partial charge in [-0.3, -0.25) is 10.1 Å². The minimum absolute atomic E-state index is 0.0754. The van der Waals surface area contributed by atoms with E-state index in [0.29, 0.717) is 5.69 Å². The summed E-state index contributed by atoms with van der Waals surface area (Å²) < 4.78 is 4.67. The minimum atomic E-state index is -0.596. The molecule has 0 unspecified atom stereocenters. The van der Waals surface area contributed by atoms with E-state index < -0.39 is 10.9 Å². The zero-order valence-corrected chi connectivity index (χ0v) is 18.0. The molecule has 28 heavy (non-hydrogen) atoms. The Kier molecular flexibility index (Phi) is 5.00. The maximum absolute atomic E-state index is 11.7. The van der Waals surface area contributed by atoms with E-state index in [-0.39, 0.29) is 22.1 Å². The Hall–Kier alpha value is -2.41. The van der Waals surface area contributed by atoms with Crippen LogP contribution >= 0.6 is 11.3 Å². The lowest BCUT2D eigenvalue weighted by atomic mass is 9.66. The molecule has 1 aromatic carbocycles. The van der Waals surface area contributed by atoms with Crippen LogP contribution in [0.2, 0.25) is 0 Å². The van der Waals surface area contributed by atoms with Crippen LogP contribution in [0.5, 0.6) is 0 Å². The van der Waals surface area contributed by atoms with E-state index in [9.17, 15) is 14.9 Å². The molecule has 1 N–H and O–H groups in total. The van der Waals surface area contributed by atoms with Crippen molar-refractivity contribution in [2.24, 2.45) is 0 Å². The number of fused-ring (bicyclic) bond motifs is 1. The third kappa shape index (κ3) is 3.39. The average Bonchev–Trinajstić information content (AvgIpc) is 2.97. The number of anilines is 2. The smallest absolute Gasteiger partial charge is 0.338 e. The molecule has 0 atom stereocenters. The normalized spacial score (nSPS) is 16.9. The molecule has 0 saturated carbocycles. The number of rotatable bonds is 4. The van der Waals surface area contributed by atoms with Crippen LogP contribution in [0.4, 0.5) is 16.4 Å². The number of hydrogen-bond acceptors (Lipinski definition) is 6. The summed E-state index contributed by atoms with van der Waals surface area (Å²) in [4.78, 5) is 24.2. The Morgan fingerprint density at radius 2 is 1.86 bits per heavy atom. The van der Waals surface area contributed by atoms with Crippen LogP contribution in [-0.2, 0) is 15.6 Å². The Morgan fingerprint density at radius 3 is 2.43 bits per heavy atom. The molecule has 0 saturated heterocycles. The molecule has 1 aliphatic carbocycles. The van der Waals surface area contributed by atoms with E-state index in [4.69, 9.17) is 0 Å². The maximum atomic E-state index is 11.7. The topological polar surface area (TPSA) is 81.5 Å². The Labute approximate surface area is 169 Å². The number of thiophene rings is 1. The molecule has 0 fully saturated rings. The highest BCUT2D eigenvalue weighted by molar-refractivity contribution is 7.16. The number of ether oxygens (including phenoxy) is 1. The zero-order valence-electron chi connectivity index (χ0n) is 17.1. The standard InChI is InChI=1S/C21H26N2O4S/c1-12-16-17(21(4,5)10-9-20(16,2)3)28-18(12)22-14-8-7-13(19(24)27-6)11-15(14)23(25)26/h7-8,11,22H,9-10H2,1-6H3. The number of carbonyl (C=O) groups is 1. The van der Waals surface area contributed by atoms with Crippen LogP contribution in [0, 0.1) is 17.0 Å². The number of nitrogens with one attached hydrogen (secondary N) is 1. The van der Waals surface area contributed by atoms with Gasteiger partial charge in [0.05, 0.1) is 22.6 Å². The molecule has 150 valence electrons. The molecule has 6 nitrogen and oxygen atoms in total. The monoisotopic (exact) mass is 402 g/mol. The van der Waals surface area contributed by atoms with Crippen LogP contribution in [0.3, 0.4) is 0 Å². The largest absolute Gasteiger partial charge is 0.465 e. The van der Waals surface area contributed by atoms with Crippen LogP contribution in [0.1, 0.15) is 66.9 Å². The van der Waals surface area contributed by atoms with Gasteiger partial charge in [0.15, 0.2) is 0 Å². The van der Waals surface area contributed by atoms with Gasteiger partial charge < -0.3 is 10.1 Å². The van der Waals surface area contributed by atoms with Crippen molar-refractivity contribution in [2.45, 2.75) is 58.3 Å². The van der Waals surface area contributed by atoms with Crippen LogP contribution in [0.15, 0.2) is 18.2 Å². The second-order valence-corrected chi connectivity index (χ2v) is 9.65. The van der Waals surface area contributed by atoms with E-state index in [1.807, 2.05) is 0 Å². The van der Waals surface area contributed by atoms with Crippen molar-refractivity contribution in [2.75, 3.05) is 12.4 Å². The van der Waals surface area contributed by atoms with Gasteiger partial charge in [-0.25, -0.2) is 4.79 Å². The maximum Gasteiger partial charge on any atom is 0.338 e. The summed E-state index contributed by atoms with van der Waals surface area (Å²) in [6.07, 6.45) is 2.22. The van der Waals surface area contributed by atoms with Crippen LogP contribution in [-0.4, -0.2) is 18.0 Å². The molecule has 0 aliphatic heterocycles. The number of nitro benzene ring substituents is 1. The molecule has 1 aliphatic rings. The van der Waals surface area contributed by atoms with Crippen molar-refractivity contribution < 1.29 is 14.5 Å². The number of benzene rings is 1. The van der Waals surface area contributed by atoms with Gasteiger partial charge in [-0.15, -0.1) is 11.3 Å². The number of methoxy groups -OCH3 is 1. The van der Waals surface area contributed by atoms with Crippen molar-refractivity contribution in [1.82, 2.24) is 0 Å². The first-order valence-electron chi connectivity index (χ1n) is 9.26. The lowest BCUT2D eigenvalue weighted by Gasteiger charge is -2.39. The second kappa shape index (κ2) is 6.88. The Bertz CT molecular complexity index is 960. The predicted molar refractivity (Wildman–Crippen MR) is 112 cm³/mol. The van der Waals surface area contributed by atoms with Crippen molar-refractivity contribution in [3.8, 4) is 0 Å². The summed E-state index contributed by atoms with van der Waals surface area (Å²) in [6.45, 7) is 11.1. The fraction of sp³-hybridized carbons (Fsp3) is 0.476. The van der Waals surface area contributed by atoms with E-state index in [1.54, 1.807) is 17.4 Å². The van der Waals surface area contributed by atoms with Gasteiger partial charge in [0, 0.05) is 10.9 Å². The second-order valence-electron chi connectivity index (χ2n) is 8.63. The summed E-state index contributed by atoms with van der Waals surface area (Å²) >= 11 is 1.68. The molecular weight excluding hydrogens is 376 g/mol. The SMILES string of the molecule is COC(=O)c1ccc(Nc2sc3c(c2C)C(C)(C)CCC3(C)C)c([N+](=O)[O-])c1. The first kappa shape index (κ1) is 20.3. The summed E-state index contributed by atoms with van der Waals surface area (Å²) in [7, 11) is 1.25. The summed E-state index contributed by atoms with van der Waals surface area (Å²) in [6, 6.07) is 4.36. The Morgan fingerprint density at radius 1 is 1.21 bits per heavy atom. The van der Waals surface area contributed by atoms with Crippen molar-refractivity contribution in [1.29, 1.82) is 0 Å². The summed E-state index contributed by atoms with van der Waals surface area (Å²) in [5.74, 6) is -0.596. The predicted octanol–water partition coefficient (Wildman–Crippen LogP) is 5.84. The number of hydrogen-bond donors (Lipinski definition) is 1. The molecule has 3 rings (SSSR count). The zero-order chi connectivity index (χ0) is 20.9. The number of nitro groups is 1. The third-order valence-electron chi connectivity index (χ3n) is 5.68. The fourth-order valence-corrected chi connectivity index (χ4v) is 5.47. The molecule has 1 aromatic heterocycles. The molecule has 0 bridgehead atoms. The molecule has 2 aromatic rings. The number of esters is 1. The van der Waals surface area contributed by atoms with Crippen LogP contribution in [0.25, 0.3) is 0 Å². The lowest BCUT2D eigenvalue weighted by molar-refractivity contribution is -0.383. The van der Waals surface area contributed by atoms with Gasteiger partial charge in [-0.2, -0.15) is 0 Å². The van der Waals surface area contributed by atoms with E-state index in [2.05, 4.69) is 44.7 Å².